The van der Waals surface area contributed by atoms with Gasteiger partial charge in [0, 0.05) is 12.2 Å². The molecule has 152 valence electrons. The highest BCUT2D eigenvalue weighted by Gasteiger charge is 2.38. The zero-order chi connectivity index (χ0) is 20.1. The fraction of sp³-hybridized carbons (Fsp3) is 0.400. The average Bonchev–Trinajstić information content (AvgIpc) is 2.66. The lowest BCUT2D eigenvalue weighted by Crippen LogP contribution is -2.48. The molecule has 0 saturated carbocycles. The van der Waals surface area contributed by atoms with E-state index in [9.17, 15) is 18.6 Å². The van der Waals surface area contributed by atoms with E-state index >= 15 is 0 Å². The van der Waals surface area contributed by atoms with E-state index in [-0.39, 0.29) is 17.9 Å². The first-order chi connectivity index (χ1) is 13.3. The number of thioether (sulfide) groups is 1. The predicted octanol–water partition coefficient (Wildman–Crippen LogP) is 2.47. The van der Waals surface area contributed by atoms with Crippen LogP contribution < -0.4 is 0 Å². The summed E-state index contributed by atoms with van der Waals surface area (Å²) in [7, 11) is -3.95. The number of hydrogen-bond acceptors (Lipinski definition) is 7. The molecule has 2 N–H and O–H groups in total. The van der Waals surface area contributed by atoms with Gasteiger partial charge in [0.2, 0.25) is 0 Å². The fourth-order valence-electron chi connectivity index (χ4n) is 2.97. The molecule has 0 bridgehead atoms. The Labute approximate surface area is 169 Å². The van der Waals surface area contributed by atoms with Crippen LogP contribution in [0.1, 0.15) is 17.5 Å². The predicted molar refractivity (Wildman–Crippen MR) is 107 cm³/mol. The number of aliphatic hydroxyl groups is 2. The molecule has 2 aromatic rings. The van der Waals surface area contributed by atoms with Crippen LogP contribution in [-0.2, 0) is 24.8 Å². The van der Waals surface area contributed by atoms with Crippen LogP contribution in [0.25, 0.3) is 0 Å². The molecule has 28 heavy (non-hydrogen) atoms. The van der Waals surface area contributed by atoms with Crippen molar-refractivity contribution in [1.29, 1.82) is 0 Å². The molecule has 6 nitrogen and oxygen atoms in total. The smallest absolute Gasteiger partial charge is 0.297 e. The SMILES string of the molecule is Cc1ccc(S(=O)(=O)OC[C@H]2O[C@H](O)C[C@H](O)[C@@H]2SCc2ccccc2)cc1. The van der Waals surface area contributed by atoms with Crippen molar-refractivity contribution in [2.75, 3.05) is 6.61 Å². The molecule has 0 radical (unpaired) electrons. The Hall–Kier alpha value is -1.42. The summed E-state index contributed by atoms with van der Waals surface area (Å²) in [6.45, 7) is 1.58. The zero-order valence-corrected chi connectivity index (χ0v) is 17.1. The van der Waals surface area contributed by atoms with Crippen LogP contribution in [0.4, 0.5) is 0 Å². The Balaban J connectivity index is 1.67. The summed E-state index contributed by atoms with van der Waals surface area (Å²) in [6.07, 6.45) is -2.66. The first-order valence-electron chi connectivity index (χ1n) is 8.98. The monoisotopic (exact) mass is 424 g/mol. The van der Waals surface area contributed by atoms with E-state index in [4.69, 9.17) is 8.92 Å². The molecule has 1 heterocycles. The number of benzene rings is 2. The normalized spacial score (nSPS) is 25.5. The quantitative estimate of drug-likeness (QED) is 0.660. The summed E-state index contributed by atoms with van der Waals surface area (Å²) in [6, 6.07) is 16.1. The minimum Gasteiger partial charge on any atom is -0.392 e. The molecule has 8 heteroatoms. The number of aliphatic hydroxyl groups excluding tert-OH is 2. The highest BCUT2D eigenvalue weighted by Crippen LogP contribution is 2.32. The van der Waals surface area contributed by atoms with Gasteiger partial charge in [-0.1, -0.05) is 48.0 Å². The summed E-state index contributed by atoms with van der Waals surface area (Å²) in [4.78, 5) is 0.0588. The minimum atomic E-state index is -3.95. The summed E-state index contributed by atoms with van der Waals surface area (Å²) >= 11 is 1.46. The van der Waals surface area contributed by atoms with Gasteiger partial charge in [-0.15, -0.1) is 11.8 Å². The summed E-state index contributed by atoms with van der Waals surface area (Å²) < 4.78 is 35.5. The summed E-state index contributed by atoms with van der Waals surface area (Å²) in [5.74, 6) is 0.628. The van der Waals surface area contributed by atoms with Gasteiger partial charge in [-0.05, 0) is 24.6 Å². The molecule has 1 aliphatic heterocycles. The van der Waals surface area contributed by atoms with Crippen molar-refractivity contribution >= 4 is 21.9 Å². The second-order valence-corrected chi connectivity index (χ2v) is 9.53. The topological polar surface area (TPSA) is 93.1 Å². The van der Waals surface area contributed by atoms with Gasteiger partial charge >= 0.3 is 0 Å². The number of rotatable bonds is 7. The molecule has 0 amide bonds. The third kappa shape index (κ3) is 5.56. The van der Waals surface area contributed by atoms with E-state index < -0.39 is 33.9 Å². The average molecular weight is 425 g/mol. The highest BCUT2D eigenvalue weighted by atomic mass is 32.2. The third-order valence-corrected chi connectivity index (χ3v) is 7.30. The molecule has 1 saturated heterocycles. The van der Waals surface area contributed by atoms with Crippen molar-refractivity contribution in [1.82, 2.24) is 0 Å². The van der Waals surface area contributed by atoms with Crippen LogP contribution in [0.5, 0.6) is 0 Å². The van der Waals surface area contributed by atoms with Crippen LogP contribution in [0.3, 0.4) is 0 Å². The fourth-order valence-corrected chi connectivity index (χ4v) is 5.16. The van der Waals surface area contributed by atoms with Crippen LogP contribution in [0.2, 0.25) is 0 Å². The second-order valence-electron chi connectivity index (χ2n) is 6.75. The molecule has 0 unspecified atom stereocenters. The van der Waals surface area contributed by atoms with Gasteiger partial charge in [0.25, 0.3) is 10.1 Å². The van der Waals surface area contributed by atoms with E-state index in [1.165, 1.54) is 23.9 Å². The Morgan fingerprint density at radius 3 is 2.46 bits per heavy atom. The van der Waals surface area contributed by atoms with E-state index in [1.54, 1.807) is 12.1 Å². The maximum Gasteiger partial charge on any atom is 0.297 e. The van der Waals surface area contributed by atoms with E-state index in [0.717, 1.165) is 11.1 Å². The number of aryl methyl sites for hydroxylation is 1. The molecule has 3 rings (SSSR count). The van der Waals surface area contributed by atoms with Gasteiger partial charge < -0.3 is 14.9 Å². The molecule has 4 atom stereocenters. The highest BCUT2D eigenvalue weighted by molar-refractivity contribution is 7.99. The lowest BCUT2D eigenvalue weighted by Gasteiger charge is -2.37. The summed E-state index contributed by atoms with van der Waals surface area (Å²) in [5, 5.41) is 19.8. The van der Waals surface area contributed by atoms with Gasteiger partial charge in [-0.3, -0.25) is 4.18 Å². The second kappa shape index (κ2) is 9.39. The van der Waals surface area contributed by atoms with Crippen molar-refractivity contribution < 1.29 is 27.6 Å². The molecule has 0 aromatic heterocycles. The van der Waals surface area contributed by atoms with E-state index in [2.05, 4.69) is 0 Å². The van der Waals surface area contributed by atoms with Gasteiger partial charge in [0.05, 0.1) is 29.0 Å². The number of hydrogen-bond donors (Lipinski definition) is 2. The lowest BCUT2D eigenvalue weighted by atomic mass is 10.1. The first-order valence-corrected chi connectivity index (χ1v) is 11.4. The Kier molecular flexibility index (Phi) is 7.14. The maximum atomic E-state index is 12.4. The van der Waals surface area contributed by atoms with Gasteiger partial charge in [-0.2, -0.15) is 8.42 Å². The van der Waals surface area contributed by atoms with Gasteiger partial charge in [0.1, 0.15) is 0 Å². The van der Waals surface area contributed by atoms with Crippen LogP contribution in [0, 0.1) is 6.92 Å². The van der Waals surface area contributed by atoms with E-state index in [0.29, 0.717) is 5.75 Å². The van der Waals surface area contributed by atoms with Crippen molar-refractivity contribution in [2.45, 2.75) is 47.7 Å². The largest absolute Gasteiger partial charge is 0.392 e. The van der Waals surface area contributed by atoms with Crippen molar-refractivity contribution in [2.24, 2.45) is 0 Å². The van der Waals surface area contributed by atoms with Gasteiger partial charge in [0.15, 0.2) is 6.29 Å². The van der Waals surface area contributed by atoms with Crippen LogP contribution in [0.15, 0.2) is 59.5 Å². The van der Waals surface area contributed by atoms with Crippen LogP contribution in [-0.4, -0.2) is 49.0 Å². The first kappa shape index (κ1) is 21.3. The Morgan fingerprint density at radius 2 is 1.79 bits per heavy atom. The molecule has 1 aliphatic rings. The number of ether oxygens (including phenoxy) is 1. The van der Waals surface area contributed by atoms with Crippen molar-refractivity contribution in [3.05, 3.63) is 65.7 Å². The zero-order valence-electron chi connectivity index (χ0n) is 15.5. The maximum absolute atomic E-state index is 12.4. The molecule has 2 aromatic carbocycles. The summed E-state index contributed by atoms with van der Waals surface area (Å²) in [5.41, 5.74) is 2.02. The van der Waals surface area contributed by atoms with E-state index in [1.807, 2.05) is 37.3 Å². The molecule has 0 aliphatic carbocycles. The molecule has 1 fully saturated rings. The molecular formula is C20H24O6S2. The molecular weight excluding hydrogens is 400 g/mol. The van der Waals surface area contributed by atoms with Gasteiger partial charge in [-0.25, -0.2) is 0 Å². The van der Waals surface area contributed by atoms with Crippen molar-refractivity contribution in [3.8, 4) is 0 Å². The Morgan fingerprint density at radius 1 is 1.11 bits per heavy atom. The van der Waals surface area contributed by atoms with Crippen LogP contribution >= 0.6 is 11.8 Å². The standard InChI is InChI=1S/C20H24O6S2/c1-14-7-9-16(10-8-14)28(23,24)25-12-18-20(17(21)11-19(22)26-18)27-13-15-5-3-2-4-6-15/h2-10,17-22H,11-13H2,1H3/t17-,18+,19-,20-/m0/s1. The van der Waals surface area contributed by atoms with Crippen molar-refractivity contribution in [3.63, 3.8) is 0 Å². The minimum absolute atomic E-state index is 0.0588. The lowest BCUT2D eigenvalue weighted by molar-refractivity contribution is -0.191. The molecule has 0 spiro atoms. The Bertz CT molecular complexity index is 854. The third-order valence-electron chi connectivity index (χ3n) is 4.50.